The van der Waals surface area contributed by atoms with Gasteiger partial charge >= 0.3 is 6.03 Å². The highest BCUT2D eigenvalue weighted by atomic mass is 16.3. The molecule has 0 unspecified atom stereocenters. The van der Waals surface area contributed by atoms with Crippen LogP contribution in [-0.2, 0) is 0 Å². The number of anilines is 1. The lowest BCUT2D eigenvalue weighted by Gasteiger charge is -2.25. The third-order valence-corrected chi connectivity index (χ3v) is 5.47. The number of hydrogen-bond acceptors (Lipinski definition) is 4. The van der Waals surface area contributed by atoms with Crippen molar-refractivity contribution in [1.82, 2.24) is 9.88 Å². The number of likely N-dealkylation sites (tertiary alicyclic amines) is 1. The van der Waals surface area contributed by atoms with E-state index in [9.17, 15) is 9.90 Å². The van der Waals surface area contributed by atoms with Crippen LogP contribution in [0.2, 0.25) is 0 Å². The van der Waals surface area contributed by atoms with Gasteiger partial charge in [0, 0.05) is 29.8 Å². The standard InChI is InChI=1S/C18H21N3O3/c22-11-18-6-2-4-14(18)9-21(10-18)17(23)20-15-5-1-3-13(7-15)16-8-19-12-24-16/h1,3,5,7-8,12,14,22H,2,4,6,9-11H2,(H,20,23)/t14-,18+/m0/s1. The fourth-order valence-electron chi connectivity index (χ4n) is 4.14. The number of amides is 2. The molecular formula is C18H21N3O3. The minimum atomic E-state index is -0.105. The minimum Gasteiger partial charge on any atom is -0.444 e. The van der Waals surface area contributed by atoms with Crippen molar-refractivity contribution in [2.24, 2.45) is 11.3 Å². The Balaban J connectivity index is 1.46. The molecule has 1 aliphatic carbocycles. The number of urea groups is 1. The molecule has 2 heterocycles. The molecule has 1 saturated carbocycles. The van der Waals surface area contributed by atoms with Crippen LogP contribution in [0.25, 0.3) is 11.3 Å². The van der Waals surface area contributed by atoms with Crippen LogP contribution in [0.4, 0.5) is 10.5 Å². The zero-order chi connectivity index (χ0) is 16.6. The maximum Gasteiger partial charge on any atom is 0.321 e. The van der Waals surface area contributed by atoms with Crippen molar-refractivity contribution in [3.05, 3.63) is 36.9 Å². The predicted molar refractivity (Wildman–Crippen MR) is 89.4 cm³/mol. The third kappa shape index (κ3) is 2.57. The summed E-state index contributed by atoms with van der Waals surface area (Å²) < 4.78 is 5.30. The number of aromatic nitrogens is 1. The molecule has 2 amide bonds. The van der Waals surface area contributed by atoms with Gasteiger partial charge in [0.2, 0.25) is 0 Å². The Hall–Kier alpha value is -2.34. The number of nitrogens with one attached hydrogen (secondary N) is 1. The smallest absolute Gasteiger partial charge is 0.321 e. The van der Waals surface area contributed by atoms with Crippen LogP contribution in [0, 0.1) is 11.3 Å². The molecule has 0 spiro atoms. The van der Waals surface area contributed by atoms with Gasteiger partial charge in [-0.25, -0.2) is 9.78 Å². The van der Waals surface area contributed by atoms with Gasteiger partial charge in [0.15, 0.2) is 12.2 Å². The maximum absolute atomic E-state index is 12.6. The number of carbonyl (C=O) groups is 1. The van der Waals surface area contributed by atoms with Crippen LogP contribution in [0.5, 0.6) is 0 Å². The second kappa shape index (κ2) is 5.94. The van der Waals surface area contributed by atoms with Crippen LogP contribution in [0.3, 0.4) is 0 Å². The largest absolute Gasteiger partial charge is 0.444 e. The molecular weight excluding hydrogens is 306 g/mol. The van der Waals surface area contributed by atoms with Gasteiger partial charge in [-0.05, 0) is 30.9 Å². The Morgan fingerprint density at radius 1 is 1.50 bits per heavy atom. The quantitative estimate of drug-likeness (QED) is 0.908. The van der Waals surface area contributed by atoms with Gasteiger partial charge in [0.25, 0.3) is 0 Å². The average Bonchev–Trinajstić information content (AvgIpc) is 3.30. The highest BCUT2D eigenvalue weighted by Gasteiger charge is 2.50. The number of nitrogens with zero attached hydrogens (tertiary/aromatic N) is 2. The lowest BCUT2D eigenvalue weighted by molar-refractivity contribution is 0.114. The Morgan fingerprint density at radius 2 is 2.42 bits per heavy atom. The van der Waals surface area contributed by atoms with Gasteiger partial charge in [-0.15, -0.1) is 0 Å². The van der Waals surface area contributed by atoms with E-state index < -0.39 is 0 Å². The topological polar surface area (TPSA) is 78.6 Å². The summed E-state index contributed by atoms with van der Waals surface area (Å²) in [7, 11) is 0. The number of aliphatic hydroxyl groups excluding tert-OH is 1. The SMILES string of the molecule is O=C(Nc1cccc(-c2cnco2)c1)N1C[C@@H]2CCC[C@]2(CO)C1. The number of rotatable bonds is 3. The molecule has 0 radical (unpaired) electrons. The molecule has 1 aliphatic heterocycles. The van der Waals surface area contributed by atoms with E-state index in [4.69, 9.17) is 4.42 Å². The summed E-state index contributed by atoms with van der Waals surface area (Å²) in [5, 5.41) is 12.7. The lowest BCUT2D eigenvalue weighted by atomic mass is 9.82. The van der Waals surface area contributed by atoms with E-state index in [1.807, 2.05) is 29.2 Å². The number of aliphatic hydroxyl groups is 1. The first-order valence-corrected chi connectivity index (χ1v) is 8.36. The van der Waals surface area contributed by atoms with Crippen LogP contribution >= 0.6 is 0 Å². The summed E-state index contributed by atoms with van der Waals surface area (Å²) >= 11 is 0. The monoisotopic (exact) mass is 327 g/mol. The van der Waals surface area contributed by atoms with Gasteiger partial charge in [-0.1, -0.05) is 18.6 Å². The minimum absolute atomic E-state index is 0.0843. The molecule has 6 heteroatoms. The van der Waals surface area contributed by atoms with E-state index >= 15 is 0 Å². The van der Waals surface area contributed by atoms with Crippen molar-refractivity contribution in [3.63, 3.8) is 0 Å². The molecule has 4 rings (SSSR count). The maximum atomic E-state index is 12.6. The van der Waals surface area contributed by atoms with Crippen molar-refractivity contribution in [1.29, 1.82) is 0 Å². The molecule has 2 aromatic rings. The van der Waals surface area contributed by atoms with Crippen molar-refractivity contribution < 1.29 is 14.3 Å². The second-order valence-electron chi connectivity index (χ2n) is 6.87. The molecule has 0 bridgehead atoms. The molecule has 24 heavy (non-hydrogen) atoms. The summed E-state index contributed by atoms with van der Waals surface area (Å²) in [6.07, 6.45) is 6.30. The van der Waals surface area contributed by atoms with E-state index in [2.05, 4.69) is 10.3 Å². The van der Waals surface area contributed by atoms with Crippen molar-refractivity contribution in [3.8, 4) is 11.3 Å². The first-order chi connectivity index (χ1) is 11.7. The van der Waals surface area contributed by atoms with Crippen LogP contribution < -0.4 is 5.32 Å². The second-order valence-corrected chi connectivity index (χ2v) is 6.87. The number of carbonyl (C=O) groups excluding carboxylic acids is 1. The highest BCUT2D eigenvalue weighted by molar-refractivity contribution is 5.90. The van der Waals surface area contributed by atoms with Crippen LogP contribution in [-0.4, -0.2) is 40.7 Å². The van der Waals surface area contributed by atoms with E-state index in [1.165, 1.54) is 6.39 Å². The third-order valence-electron chi connectivity index (χ3n) is 5.47. The number of hydrogen-bond donors (Lipinski definition) is 2. The van der Waals surface area contributed by atoms with E-state index in [1.54, 1.807) is 6.20 Å². The Labute approximate surface area is 140 Å². The van der Waals surface area contributed by atoms with Crippen molar-refractivity contribution in [2.75, 3.05) is 25.0 Å². The van der Waals surface area contributed by atoms with Crippen LogP contribution in [0.1, 0.15) is 19.3 Å². The first kappa shape index (κ1) is 15.2. The molecule has 2 atom stereocenters. The number of fused-ring (bicyclic) bond motifs is 1. The van der Waals surface area contributed by atoms with Gasteiger partial charge in [-0.3, -0.25) is 0 Å². The Bertz CT molecular complexity index is 731. The summed E-state index contributed by atoms with van der Waals surface area (Å²) in [5.74, 6) is 1.09. The van der Waals surface area contributed by atoms with Gasteiger partial charge < -0.3 is 19.7 Å². The average molecular weight is 327 g/mol. The zero-order valence-electron chi connectivity index (χ0n) is 13.4. The summed E-state index contributed by atoms with van der Waals surface area (Å²) in [6, 6.07) is 7.42. The highest BCUT2D eigenvalue weighted by Crippen LogP contribution is 2.48. The van der Waals surface area contributed by atoms with Crippen molar-refractivity contribution in [2.45, 2.75) is 19.3 Å². The molecule has 1 aromatic heterocycles. The summed E-state index contributed by atoms with van der Waals surface area (Å²) in [4.78, 5) is 18.3. The molecule has 6 nitrogen and oxygen atoms in total. The zero-order valence-corrected chi connectivity index (χ0v) is 13.4. The lowest BCUT2D eigenvalue weighted by Crippen LogP contribution is -2.36. The van der Waals surface area contributed by atoms with E-state index in [-0.39, 0.29) is 18.1 Å². The molecule has 2 N–H and O–H groups in total. The fourth-order valence-corrected chi connectivity index (χ4v) is 4.14. The Morgan fingerprint density at radius 3 is 3.17 bits per heavy atom. The molecule has 1 saturated heterocycles. The normalized spacial score (nSPS) is 25.7. The van der Waals surface area contributed by atoms with E-state index in [0.29, 0.717) is 18.2 Å². The number of benzene rings is 1. The predicted octanol–water partition coefficient (Wildman–Crippen LogP) is 2.97. The van der Waals surface area contributed by atoms with Gasteiger partial charge in [-0.2, -0.15) is 0 Å². The van der Waals surface area contributed by atoms with E-state index in [0.717, 1.165) is 37.1 Å². The van der Waals surface area contributed by atoms with Crippen molar-refractivity contribution >= 4 is 11.7 Å². The summed E-state index contributed by atoms with van der Waals surface area (Å²) in [5.41, 5.74) is 1.51. The molecule has 1 aromatic carbocycles. The molecule has 126 valence electrons. The van der Waals surface area contributed by atoms with Crippen LogP contribution in [0.15, 0.2) is 41.3 Å². The molecule has 2 aliphatic rings. The first-order valence-electron chi connectivity index (χ1n) is 8.36. The fraction of sp³-hybridized carbons (Fsp3) is 0.444. The Kier molecular flexibility index (Phi) is 3.76. The number of oxazole rings is 1. The van der Waals surface area contributed by atoms with Gasteiger partial charge in [0.1, 0.15) is 0 Å². The summed E-state index contributed by atoms with van der Waals surface area (Å²) in [6.45, 7) is 1.54. The molecule has 2 fully saturated rings. The van der Waals surface area contributed by atoms with Gasteiger partial charge in [0.05, 0.1) is 12.8 Å².